The van der Waals surface area contributed by atoms with Gasteiger partial charge >= 0.3 is 0 Å². The number of para-hydroxylation sites is 1. The van der Waals surface area contributed by atoms with Crippen LogP contribution in [-0.4, -0.2) is 35.5 Å². The number of hydrogen-bond donors (Lipinski definition) is 0. The van der Waals surface area contributed by atoms with Crippen LogP contribution in [0.1, 0.15) is 29.5 Å². The van der Waals surface area contributed by atoms with Crippen LogP contribution >= 0.6 is 11.3 Å². The fraction of sp³-hybridized carbons (Fsp3) is 0.273. The fourth-order valence-electron chi connectivity index (χ4n) is 3.75. The van der Waals surface area contributed by atoms with Gasteiger partial charge in [-0.2, -0.15) is 0 Å². The molecule has 1 amide bonds. The van der Waals surface area contributed by atoms with Gasteiger partial charge in [0.1, 0.15) is 18.2 Å². The number of amides is 1. The summed E-state index contributed by atoms with van der Waals surface area (Å²) in [6, 6.07) is 13.9. The molecule has 1 fully saturated rings. The van der Waals surface area contributed by atoms with Crippen LogP contribution in [0.15, 0.2) is 48.5 Å². The maximum atomic E-state index is 12.9. The second-order valence-corrected chi connectivity index (χ2v) is 8.01. The number of aromatic nitrogens is 1. The highest BCUT2D eigenvalue weighted by Crippen LogP contribution is 2.37. The summed E-state index contributed by atoms with van der Waals surface area (Å²) < 4.78 is 12.3. The lowest BCUT2D eigenvalue weighted by atomic mass is 10.1. The third-order valence-corrected chi connectivity index (χ3v) is 6.25. The van der Waals surface area contributed by atoms with Crippen LogP contribution in [0.3, 0.4) is 0 Å². The van der Waals surface area contributed by atoms with Crippen molar-refractivity contribution in [3.63, 3.8) is 0 Å². The van der Waals surface area contributed by atoms with E-state index in [9.17, 15) is 4.79 Å². The molecular formula is C22H20N2O3S. The summed E-state index contributed by atoms with van der Waals surface area (Å²) >= 11 is 1.69. The van der Waals surface area contributed by atoms with E-state index in [1.165, 1.54) is 4.70 Å². The summed E-state index contributed by atoms with van der Waals surface area (Å²) in [6.07, 6.45) is 5.46. The molecule has 5 rings (SSSR count). The van der Waals surface area contributed by atoms with E-state index in [-0.39, 0.29) is 11.9 Å². The van der Waals surface area contributed by atoms with Crippen molar-refractivity contribution >= 4 is 33.5 Å². The molecular weight excluding hydrogens is 372 g/mol. The fourth-order valence-corrected chi connectivity index (χ4v) is 4.86. The average Bonchev–Trinajstić information content (AvgIpc) is 3.38. The number of hydrogen-bond acceptors (Lipinski definition) is 5. The minimum absolute atomic E-state index is 0.0247. The molecule has 2 aliphatic heterocycles. The van der Waals surface area contributed by atoms with Crippen molar-refractivity contribution in [1.82, 2.24) is 9.88 Å². The van der Waals surface area contributed by atoms with Crippen molar-refractivity contribution in [3.8, 4) is 11.5 Å². The first-order valence-electron chi connectivity index (χ1n) is 9.52. The molecule has 0 spiro atoms. The standard InChI is InChI=1S/C22H20N2O3S/c25-21(10-8-15-7-9-18-19(14-15)27-13-12-26-18)24-11-3-5-17(24)22-23-16-4-1-2-6-20(16)28-22/h1-2,4,6-10,14,17H,3,5,11-13H2/b10-8-/t17-/m0/s1. The molecule has 0 N–H and O–H groups in total. The highest BCUT2D eigenvalue weighted by atomic mass is 32.1. The topological polar surface area (TPSA) is 51.7 Å². The molecule has 3 heterocycles. The lowest BCUT2D eigenvalue weighted by molar-refractivity contribution is -0.126. The number of carbonyl (C=O) groups is 1. The van der Waals surface area contributed by atoms with Crippen LogP contribution in [0.5, 0.6) is 11.5 Å². The molecule has 28 heavy (non-hydrogen) atoms. The second kappa shape index (κ2) is 7.28. The molecule has 1 aromatic heterocycles. The molecule has 1 atom stereocenters. The van der Waals surface area contributed by atoms with Crippen LogP contribution < -0.4 is 9.47 Å². The number of nitrogens with zero attached hydrogens (tertiary/aromatic N) is 2. The van der Waals surface area contributed by atoms with Crippen LogP contribution in [0.2, 0.25) is 0 Å². The third-order valence-electron chi connectivity index (χ3n) is 5.12. The second-order valence-electron chi connectivity index (χ2n) is 6.95. The largest absolute Gasteiger partial charge is 0.486 e. The minimum atomic E-state index is 0.0247. The van der Waals surface area contributed by atoms with E-state index in [0.717, 1.165) is 47.0 Å². The minimum Gasteiger partial charge on any atom is -0.486 e. The number of rotatable bonds is 3. The van der Waals surface area contributed by atoms with Crippen molar-refractivity contribution in [2.45, 2.75) is 18.9 Å². The van der Waals surface area contributed by atoms with Gasteiger partial charge in [-0.15, -0.1) is 11.3 Å². The predicted molar refractivity (Wildman–Crippen MR) is 110 cm³/mol. The van der Waals surface area contributed by atoms with Gasteiger partial charge in [-0.3, -0.25) is 4.79 Å². The van der Waals surface area contributed by atoms with E-state index in [0.29, 0.717) is 13.2 Å². The Morgan fingerprint density at radius 2 is 2.00 bits per heavy atom. The number of thiazole rings is 1. The van der Waals surface area contributed by atoms with Gasteiger partial charge in [0.05, 0.1) is 16.3 Å². The first kappa shape index (κ1) is 17.3. The maximum Gasteiger partial charge on any atom is 0.247 e. The Balaban J connectivity index is 1.34. The summed E-state index contributed by atoms with van der Waals surface area (Å²) in [4.78, 5) is 19.6. The summed E-state index contributed by atoms with van der Waals surface area (Å²) in [6.45, 7) is 1.89. The molecule has 2 aromatic carbocycles. The molecule has 1 saturated heterocycles. The van der Waals surface area contributed by atoms with E-state index in [4.69, 9.17) is 14.5 Å². The predicted octanol–water partition coefficient (Wildman–Crippen LogP) is 4.44. The Labute approximate surface area is 167 Å². The van der Waals surface area contributed by atoms with Gasteiger partial charge in [-0.25, -0.2) is 4.98 Å². The van der Waals surface area contributed by atoms with Gasteiger partial charge in [0, 0.05) is 12.6 Å². The Hall–Kier alpha value is -2.86. The number of likely N-dealkylation sites (tertiary alicyclic amines) is 1. The Bertz CT molecular complexity index is 1030. The summed E-state index contributed by atoms with van der Waals surface area (Å²) in [5.74, 6) is 1.51. The zero-order valence-electron chi connectivity index (χ0n) is 15.3. The molecule has 142 valence electrons. The summed E-state index contributed by atoms with van der Waals surface area (Å²) in [5, 5.41) is 1.03. The van der Waals surface area contributed by atoms with Crippen molar-refractivity contribution in [2.75, 3.05) is 19.8 Å². The van der Waals surface area contributed by atoms with Gasteiger partial charge in [-0.05, 0) is 48.7 Å². The molecule has 0 saturated carbocycles. The zero-order valence-corrected chi connectivity index (χ0v) is 16.2. The van der Waals surface area contributed by atoms with Crippen LogP contribution in [0.25, 0.3) is 16.3 Å². The quantitative estimate of drug-likeness (QED) is 0.618. The molecule has 5 nitrogen and oxygen atoms in total. The Kier molecular flexibility index (Phi) is 4.49. The van der Waals surface area contributed by atoms with E-state index in [1.807, 2.05) is 47.4 Å². The first-order valence-corrected chi connectivity index (χ1v) is 10.3. The van der Waals surface area contributed by atoms with Gasteiger partial charge < -0.3 is 14.4 Å². The van der Waals surface area contributed by atoms with E-state index >= 15 is 0 Å². The van der Waals surface area contributed by atoms with Crippen LogP contribution in [-0.2, 0) is 4.79 Å². The first-order chi connectivity index (χ1) is 13.8. The van der Waals surface area contributed by atoms with E-state index in [1.54, 1.807) is 17.4 Å². The van der Waals surface area contributed by atoms with Crippen molar-refractivity contribution in [3.05, 3.63) is 59.1 Å². The number of benzene rings is 2. The lowest BCUT2D eigenvalue weighted by Crippen LogP contribution is -2.28. The highest BCUT2D eigenvalue weighted by molar-refractivity contribution is 7.18. The smallest absolute Gasteiger partial charge is 0.247 e. The molecule has 3 aromatic rings. The maximum absolute atomic E-state index is 12.9. The van der Waals surface area contributed by atoms with Gasteiger partial charge in [0.2, 0.25) is 5.91 Å². The van der Waals surface area contributed by atoms with Gasteiger partial charge in [0.25, 0.3) is 0 Å². The third kappa shape index (κ3) is 3.24. The van der Waals surface area contributed by atoms with Gasteiger partial charge in [0.15, 0.2) is 11.5 Å². The zero-order chi connectivity index (χ0) is 18.9. The SMILES string of the molecule is O=C(/C=C\c1ccc2c(c1)OCCO2)N1CCC[C@H]1c1nc2ccccc2s1. The number of carbonyl (C=O) groups excluding carboxylic acids is 1. The van der Waals surface area contributed by atoms with E-state index < -0.39 is 0 Å². The van der Waals surface area contributed by atoms with Crippen molar-refractivity contribution < 1.29 is 14.3 Å². The Morgan fingerprint density at radius 3 is 2.89 bits per heavy atom. The lowest BCUT2D eigenvalue weighted by Gasteiger charge is -2.21. The molecule has 0 bridgehead atoms. The Morgan fingerprint density at radius 1 is 1.14 bits per heavy atom. The van der Waals surface area contributed by atoms with E-state index in [2.05, 4.69) is 6.07 Å². The number of ether oxygens (including phenoxy) is 2. The van der Waals surface area contributed by atoms with Crippen LogP contribution in [0, 0.1) is 0 Å². The molecule has 0 unspecified atom stereocenters. The van der Waals surface area contributed by atoms with Crippen molar-refractivity contribution in [2.24, 2.45) is 0 Å². The monoisotopic (exact) mass is 392 g/mol. The van der Waals surface area contributed by atoms with Crippen molar-refractivity contribution in [1.29, 1.82) is 0 Å². The molecule has 6 heteroatoms. The number of fused-ring (bicyclic) bond motifs is 2. The normalized spacial score (nSPS) is 18.9. The molecule has 0 radical (unpaired) electrons. The van der Waals surface area contributed by atoms with Gasteiger partial charge in [-0.1, -0.05) is 18.2 Å². The summed E-state index contributed by atoms with van der Waals surface area (Å²) in [7, 11) is 0. The molecule has 0 aliphatic carbocycles. The average molecular weight is 392 g/mol. The highest BCUT2D eigenvalue weighted by Gasteiger charge is 2.31. The summed E-state index contributed by atoms with van der Waals surface area (Å²) in [5.41, 5.74) is 1.93. The molecule has 2 aliphatic rings. The van der Waals surface area contributed by atoms with Crippen LogP contribution in [0.4, 0.5) is 0 Å².